The van der Waals surface area contributed by atoms with Crippen molar-refractivity contribution in [1.29, 1.82) is 0 Å². The molecule has 4 N–H and O–H groups in total. The number of aliphatic hydroxyl groups excluding tert-OH is 4. The van der Waals surface area contributed by atoms with E-state index >= 15 is 0 Å². The molecule has 1 fully saturated rings. The Morgan fingerprint density at radius 3 is 1.51 bits per heavy atom. The largest absolute Gasteiger partial charge is 0.462 e. The van der Waals surface area contributed by atoms with Crippen LogP contribution in [0.4, 0.5) is 0 Å². The number of carbonyl (C=O) groups excluding carboxylic acids is 2. The zero-order chi connectivity index (χ0) is 43.0. The average Bonchev–Trinajstić information content (AvgIpc) is 3.23. The zero-order valence-electron chi connectivity index (χ0n) is 35.9. The molecule has 6 atom stereocenters. The van der Waals surface area contributed by atoms with E-state index in [0.717, 1.165) is 64.2 Å². The van der Waals surface area contributed by atoms with Crippen molar-refractivity contribution in [3.05, 3.63) is 109 Å². The summed E-state index contributed by atoms with van der Waals surface area (Å²) in [4.78, 5) is 25.3. The number of allylic oxidation sites excluding steroid dienone is 18. The summed E-state index contributed by atoms with van der Waals surface area (Å²) in [6, 6.07) is 0. The number of carbonyl (C=O) groups is 2. The topological polar surface area (TPSA) is 152 Å². The third-order valence-electron chi connectivity index (χ3n) is 9.16. The fraction of sp³-hybridized carbons (Fsp3) is 0.592. The highest BCUT2D eigenvalue weighted by molar-refractivity contribution is 5.70. The van der Waals surface area contributed by atoms with E-state index in [4.69, 9.17) is 18.9 Å². The first-order chi connectivity index (χ1) is 28.8. The number of hydrogen-bond donors (Lipinski definition) is 4. The van der Waals surface area contributed by atoms with E-state index in [9.17, 15) is 30.0 Å². The van der Waals surface area contributed by atoms with Crippen molar-refractivity contribution in [2.75, 3.05) is 19.8 Å². The van der Waals surface area contributed by atoms with Crippen molar-refractivity contribution in [2.45, 2.75) is 166 Å². The Hall–Kier alpha value is -3.64. The summed E-state index contributed by atoms with van der Waals surface area (Å²) < 4.78 is 22.0. The molecule has 0 aromatic heterocycles. The Bertz CT molecular complexity index is 1320. The third kappa shape index (κ3) is 30.1. The van der Waals surface area contributed by atoms with Gasteiger partial charge in [0.25, 0.3) is 0 Å². The summed E-state index contributed by atoms with van der Waals surface area (Å²) in [5.74, 6) is -0.965. The predicted molar refractivity (Wildman–Crippen MR) is 237 cm³/mol. The van der Waals surface area contributed by atoms with E-state index in [1.165, 1.54) is 25.7 Å². The summed E-state index contributed by atoms with van der Waals surface area (Å²) >= 11 is 0. The first-order valence-corrected chi connectivity index (χ1v) is 22.0. The van der Waals surface area contributed by atoms with Crippen LogP contribution in [0.25, 0.3) is 0 Å². The maximum absolute atomic E-state index is 12.7. The number of ether oxygens (including phenoxy) is 4. The highest BCUT2D eigenvalue weighted by Gasteiger charge is 2.44. The van der Waals surface area contributed by atoms with Gasteiger partial charge in [0.05, 0.1) is 13.2 Å². The third-order valence-corrected chi connectivity index (χ3v) is 9.16. The second-order valence-corrected chi connectivity index (χ2v) is 14.4. The van der Waals surface area contributed by atoms with Crippen molar-refractivity contribution in [3.8, 4) is 0 Å². The highest BCUT2D eigenvalue weighted by atomic mass is 16.7. The molecule has 0 bridgehead atoms. The molecule has 1 saturated heterocycles. The summed E-state index contributed by atoms with van der Waals surface area (Å²) in [7, 11) is 0. The van der Waals surface area contributed by atoms with Gasteiger partial charge in [0.15, 0.2) is 12.4 Å². The second kappa shape index (κ2) is 38.6. The number of unbranched alkanes of at least 4 members (excludes halogenated alkanes) is 5. The Morgan fingerprint density at radius 1 is 0.542 bits per heavy atom. The second-order valence-electron chi connectivity index (χ2n) is 14.4. The molecule has 0 amide bonds. The molecule has 0 radical (unpaired) electrons. The Morgan fingerprint density at radius 2 is 1.02 bits per heavy atom. The molecule has 1 rings (SSSR count). The number of rotatable bonds is 34. The van der Waals surface area contributed by atoms with Crippen molar-refractivity contribution in [3.63, 3.8) is 0 Å². The van der Waals surface area contributed by atoms with Gasteiger partial charge in [-0.25, -0.2) is 0 Å². The van der Waals surface area contributed by atoms with Gasteiger partial charge in [-0.3, -0.25) is 9.59 Å². The van der Waals surface area contributed by atoms with Crippen LogP contribution in [0.2, 0.25) is 0 Å². The Kier molecular flexibility index (Phi) is 34.9. The lowest BCUT2D eigenvalue weighted by Crippen LogP contribution is -2.59. The van der Waals surface area contributed by atoms with Crippen molar-refractivity contribution < 1.29 is 49.0 Å². The summed E-state index contributed by atoms with van der Waals surface area (Å²) in [6.07, 6.45) is 45.4. The van der Waals surface area contributed by atoms with Crippen molar-refractivity contribution >= 4 is 11.9 Å². The fourth-order valence-corrected chi connectivity index (χ4v) is 5.69. The van der Waals surface area contributed by atoms with E-state index in [1.54, 1.807) is 0 Å². The number of hydrogen-bond acceptors (Lipinski definition) is 10. The standard InChI is InChI=1S/C49H76O10/c1-3-5-7-9-11-13-15-17-19-20-21-22-24-26-28-30-32-34-36-38-45(52)58-42(41-57-49-48(55)47(54)46(53)43(39-50)59-49)40-56-44(51)37-35-33-31-29-27-25-23-18-16-14-12-10-8-6-4-2/h6,8,11-14,17-19,21-23,26-29,32,34,42-43,46-50,53-55H,3-5,7,9-10,15-16,20,24-25,30-31,33,35-41H2,1-2H3/b8-6+,13-11+,14-12+,19-17+,22-21+,23-18+,28-26+,29-27+,34-32+/t42-,43-,46+,47?,48?,49-/m1/s1. The van der Waals surface area contributed by atoms with Crippen LogP contribution in [0.3, 0.4) is 0 Å². The van der Waals surface area contributed by atoms with Gasteiger partial charge in [0, 0.05) is 12.8 Å². The first-order valence-electron chi connectivity index (χ1n) is 22.0. The van der Waals surface area contributed by atoms with Crippen LogP contribution in [-0.2, 0) is 28.5 Å². The zero-order valence-corrected chi connectivity index (χ0v) is 35.9. The van der Waals surface area contributed by atoms with Gasteiger partial charge in [-0.15, -0.1) is 0 Å². The Labute approximate surface area is 355 Å². The molecule has 1 heterocycles. The van der Waals surface area contributed by atoms with Crippen LogP contribution in [0.15, 0.2) is 109 Å². The van der Waals surface area contributed by atoms with Gasteiger partial charge in [-0.2, -0.15) is 0 Å². The molecule has 1 aliphatic heterocycles. The molecule has 59 heavy (non-hydrogen) atoms. The summed E-state index contributed by atoms with van der Waals surface area (Å²) in [5, 5.41) is 40.0. The van der Waals surface area contributed by atoms with Crippen LogP contribution in [0.5, 0.6) is 0 Å². The van der Waals surface area contributed by atoms with Gasteiger partial charge >= 0.3 is 11.9 Å². The molecule has 0 aromatic rings. The van der Waals surface area contributed by atoms with Gasteiger partial charge < -0.3 is 39.4 Å². The monoisotopic (exact) mass is 825 g/mol. The smallest absolute Gasteiger partial charge is 0.306 e. The first kappa shape index (κ1) is 53.4. The molecule has 10 nitrogen and oxygen atoms in total. The maximum Gasteiger partial charge on any atom is 0.306 e. The Balaban J connectivity index is 2.45. The summed E-state index contributed by atoms with van der Waals surface area (Å²) in [5.41, 5.74) is 0. The lowest BCUT2D eigenvalue weighted by Gasteiger charge is -2.39. The molecule has 1 aliphatic rings. The minimum absolute atomic E-state index is 0.0902. The molecule has 0 saturated carbocycles. The SMILES string of the molecule is CC/C=C/C/C=C/C/C=C/C/C=C/CCCCC(=O)OC[C@H](CO[C@@H]1O[C@H](CO)[C@H](O)C(O)C1O)OC(=O)CC/C=C/C/C=C/C/C=C/C/C=C/C/C=C/CCCCC. The van der Waals surface area contributed by atoms with E-state index in [-0.39, 0.29) is 26.1 Å². The van der Waals surface area contributed by atoms with Crippen LogP contribution in [0.1, 0.15) is 129 Å². The molecule has 10 heteroatoms. The van der Waals surface area contributed by atoms with Crippen molar-refractivity contribution in [1.82, 2.24) is 0 Å². The number of aliphatic hydroxyl groups is 4. The quantitative estimate of drug-likeness (QED) is 0.0281. The van der Waals surface area contributed by atoms with Crippen LogP contribution in [-0.4, -0.2) is 89.0 Å². The molecule has 0 spiro atoms. The normalized spacial score (nSPS) is 21.1. The number of esters is 2. The minimum atomic E-state index is -1.62. The van der Waals surface area contributed by atoms with E-state index < -0.39 is 55.4 Å². The van der Waals surface area contributed by atoms with Crippen LogP contribution >= 0.6 is 0 Å². The molecule has 0 aliphatic carbocycles. The molecular weight excluding hydrogens is 749 g/mol. The molecule has 332 valence electrons. The van der Waals surface area contributed by atoms with Crippen LogP contribution < -0.4 is 0 Å². The van der Waals surface area contributed by atoms with Gasteiger partial charge in [-0.05, 0) is 89.9 Å². The van der Waals surface area contributed by atoms with Crippen LogP contribution in [0, 0.1) is 0 Å². The summed E-state index contributed by atoms with van der Waals surface area (Å²) in [6.45, 7) is 3.13. The van der Waals surface area contributed by atoms with E-state index in [0.29, 0.717) is 12.8 Å². The van der Waals surface area contributed by atoms with Gasteiger partial charge in [-0.1, -0.05) is 136 Å². The molecule has 0 aromatic carbocycles. The predicted octanol–water partition coefficient (Wildman–Crippen LogP) is 9.33. The van der Waals surface area contributed by atoms with Gasteiger partial charge in [0.2, 0.25) is 0 Å². The molecule has 2 unspecified atom stereocenters. The average molecular weight is 825 g/mol. The fourth-order valence-electron chi connectivity index (χ4n) is 5.69. The minimum Gasteiger partial charge on any atom is -0.462 e. The van der Waals surface area contributed by atoms with Crippen molar-refractivity contribution in [2.24, 2.45) is 0 Å². The van der Waals surface area contributed by atoms with E-state index in [2.05, 4.69) is 111 Å². The highest BCUT2D eigenvalue weighted by Crippen LogP contribution is 2.22. The lowest BCUT2D eigenvalue weighted by atomic mass is 9.99. The van der Waals surface area contributed by atoms with E-state index in [1.807, 2.05) is 12.2 Å². The maximum atomic E-state index is 12.7. The molecular formula is C49H76O10. The lowest BCUT2D eigenvalue weighted by molar-refractivity contribution is -0.305. The van der Waals surface area contributed by atoms with Gasteiger partial charge in [0.1, 0.15) is 31.0 Å².